The molecule has 0 aliphatic heterocycles. The van der Waals surface area contributed by atoms with Crippen molar-refractivity contribution >= 4 is 5.97 Å². The fourth-order valence-electron chi connectivity index (χ4n) is 10.7. The quantitative estimate of drug-likeness (QED) is 0.365. The lowest BCUT2D eigenvalue weighted by atomic mass is 9.33. The fourth-order valence-corrected chi connectivity index (χ4v) is 10.7. The van der Waals surface area contributed by atoms with Gasteiger partial charge < -0.3 is 19.5 Å². The van der Waals surface area contributed by atoms with Gasteiger partial charge in [-0.25, -0.2) is 0 Å². The van der Waals surface area contributed by atoms with Crippen LogP contribution in [0.15, 0.2) is 22.4 Å². The third kappa shape index (κ3) is 3.14. The van der Waals surface area contributed by atoms with E-state index in [-0.39, 0.29) is 39.5 Å². The second-order valence-electron chi connectivity index (χ2n) is 15.3. The van der Waals surface area contributed by atoms with Gasteiger partial charge in [-0.2, -0.15) is 0 Å². The van der Waals surface area contributed by atoms with Gasteiger partial charge in [0.15, 0.2) is 0 Å². The number of hydrogen-bond acceptors (Lipinski definition) is 6. The summed E-state index contributed by atoms with van der Waals surface area (Å²) < 4.78 is 11.4. The van der Waals surface area contributed by atoms with Crippen molar-refractivity contribution in [1.29, 1.82) is 0 Å². The molecule has 38 heavy (non-hydrogen) atoms. The molecule has 210 valence electrons. The first-order valence-corrected chi connectivity index (χ1v) is 14.8. The van der Waals surface area contributed by atoms with E-state index in [1.807, 2.05) is 6.20 Å². The Morgan fingerprint density at radius 1 is 1.13 bits per heavy atom. The third-order valence-corrected chi connectivity index (χ3v) is 13.1. The van der Waals surface area contributed by atoms with Gasteiger partial charge in [-0.3, -0.25) is 4.79 Å². The van der Waals surface area contributed by atoms with Crippen LogP contribution in [0.3, 0.4) is 0 Å². The molecule has 0 spiro atoms. The van der Waals surface area contributed by atoms with Gasteiger partial charge in [0.2, 0.25) is 0 Å². The molecule has 3 fully saturated rings. The van der Waals surface area contributed by atoms with Crippen LogP contribution in [0.1, 0.15) is 111 Å². The minimum atomic E-state index is -1.30. The molecule has 1 heterocycles. The van der Waals surface area contributed by atoms with E-state index in [0.717, 1.165) is 57.1 Å². The summed E-state index contributed by atoms with van der Waals surface area (Å²) in [6.45, 7) is 15.6. The highest BCUT2D eigenvalue weighted by Gasteiger charge is 2.75. The van der Waals surface area contributed by atoms with Crippen LogP contribution in [0.4, 0.5) is 0 Å². The van der Waals surface area contributed by atoms with Crippen LogP contribution < -0.4 is 0 Å². The Morgan fingerprint density at radius 2 is 1.84 bits per heavy atom. The number of ether oxygens (including phenoxy) is 1. The predicted octanol–water partition coefficient (Wildman–Crippen LogP) is 5.96. The molecule has 2 N–H and O–H groups in total. The summed E-state index contributed by atoms with van der Waals surface area (Å²) in [7, 11) is 0. The molecule has 6 heteroatoms. The first-order chi connectivity index (χ1) is 17.6. The van der Waals surface area contributed by atoms with Crippen molar-refractivity contribution in [3.05, 3.63) is 29.2 Å². The van der Waals surface area contributed by atoms with Crippen molar-refractivity contribution in [2.45, 2.75) is 117 Å². The maximum atomic E-state index is 13.1. The lowest BCUT2D eigenvalue weighted by Gasteiger charge is -2.73. The molecule has 3 saturated carbocycles. The molecule has 1 aromatic rings. The molecule has 0 aromatic carbocycles. The number of nitrogens with zero attached hydrogens (tertiary/aromatic N) is 1. The third-order valence-electron chi connectivity index (χ3n) is 13.1. The number of allylic oxidation sites excluding steroid dienone is 1. The molecule has 1 aromatic heterocycles. The summed E-state index contributed by atoms with van der Waals surface area (Å²) in [5.74, 6) is 1.27. The van der Waals surface area contributed by atoms with E-state index >= 15 is 0 Å². The van der Waals surface area contributed by atoms with Crippen molar-refractivity contribution in [3.8, 4) is 0 Å². The second-order valence-corrected chi connectivity index (χ2v) is 15.3. The van der Waals surface area contributed by atoms with Gasteiger partial charge in [-0.1, -0.05) is 58.3 Å². The zero-order valence-corrected chi connectivity index (χ0v) is 24.4. The number of hydrogen-bond donors (Lipinski definition) is 2. The van der Waals surface area contributed by atoms with Crippen molar-refractivity contribution in [2.24, 2.45) is 38.9 Å². The molecule has 0 saturated heterocycles. The van der Waals surface area contributed by atoms with E-state index in [0.29, 0.717) is 12.5 Å². The summed E-state index contributed by atoms with van der Waals surface area (Å²) in [5, 5.41) is 29.4. The minimum absolute atomic E-state index is 0.0517. The van der Waals surface area contributed by atoms with Crippen molar-refractivity contribution in [2.75, 3.05) is 6.61 Å². The Labute approximate surface area is 227 Å². The Hall–Kier alpha value is -1.66. The van der Waals surface area contributed by atoms with E-state index in [2.05, 4.69) is 52.8 Å². The van der Waals surface area contributed by atoms with Gasteiger partial charge in [0.05, 0.1) is 12.8 Å². The fraction of sp³-hybridized carbons (Fsp3) is 0.812. The number of carbonyl (C=O) groups is 1. The van der Waals surface area contributed by atoms with E-state index < -0.39 is 17.1 Å². The van der Waals surface area contributed by atoms with Gasteiger partial charge in [-0.15, -0.1) is 0 Å². The molecule has 0 unspecified atom stereocenters. The van der Waals surface area contributed by atoms with Crippen LogP contribution in [0.5, 0.6) is 0 Å². The number of aliphatic hydroxyl groups excluding tert-OH is 1. The lowest BCUT2D eigenvalue weighted by molar-refractivity contribution is -0.292. The van der Waals surface area contributed by atoms with Gasteiger partial charge in [0.25, 0.3) is 0 Å². The Balaban J connectivity index is 1.49. The van der Waals surface area contributed by atoms with Gasteiger partial charge in [0, 0.05) is 35.2 Å². The summed E-state index contributed by atoms with van der Waals surface area (Å²) in [6, 6.07) is 0. The summed E-state index contributed by atoms with van der Waals surface area (Å²) in [5.41, 5.74) is 0.0544. The van der Waals surface area contributed by atoms with Crippen LogP contribution in [0.25, 0.3) is 0 Å². The summed E-state index contributed by atoms with van der Waals surface area (Å²) in [4.78, 5) is 11.9. The monoisotopic (exact) mass is 525 g/mol. The Morgan fingerprint density at radius 3 is 2.55 bits per heavy atom. The highest BCUT2D eigenvalue weighted by atomic mass is 16.5. The van der Waals surface area contributed by atoms with Crippen molar-refractivity contribution in [3.63, 3.8) is 0 Å². The molecule has 5 aliphatic carbocycles. The predicted molar refractivity (Wildman–Crippen MR) is 144 cm³/mol. The van der Waals surface area contributed by atoms with Gasteiger partial charge in [-0.05, 0) is 73.5 Å². The SMILES string of the molecule is CC(=O)OC[C@]12CCC(C)(C)C[C@H]1[C@@]1(O)[C@H](O)C=C3[C@@]4(C)Cc5cnoc5[C@@H](C)[C@@H]4CC[C@@]3(C)[C@]1(C)CC2. The first-order valence-electron chi connectivity index (χ1n) is 14.8. The molecular formula is C32H47NO5. The number of carbonyl (C=O) groups excluding carboxylic acids is 1. The zero-order valence-electron chi connectivity index (χ0n) is 24.4. The number of esters is 1. The van der Waals surface area contributed by atoms with Crippen LogP contribution >= 0.6 is 0 Å². The van der Waals surface area contributed by atoms with Crippen LogP contribution in [-0.4, -0.2) is 39.7 Å². The molecule has 9 atom stereocenters. The highest BCUT2D eigenvalue weighted by molar-refractivity contribution is 5.66. The average Bonchev–Trinajstić information content (AvgIpc) is 3.30. The second kappa shape index (κ2) is 7.96. The molecule has 6 rings (SSSR count). The lowest BCUT2D eigenvalue weighted by Crippen LogP contribution is -2.75. The first kappa shape index (κ1) is 26.6. The van der Waals surface area contributed by atoms with E-state index in [1.165, 1.54) is 18.1 Å². The molecule has 0 amide bonds. The minimum Gasteiger partial charge on any atom is -0.465 e. The maximum absolute atomic E-state index is 13.1. The number of aromatic nitrogens is 1. The highest BCUT2D eigenvalue weighted by Crippen LogP contribution is 2.76. The molecule has 5 aliphatic rings. The van der Waals surface area contributed by atoms with E-state index in [9.17, 15) is 15.0 Å². The van der Waals surface area contributed by atoms with Gasteiger partial charge >= 0.3 is 5.97 Å². The van der Waals surface area contributed by atoms with Crippen LogP contribution in [-0.2, 0) is 16.0 Å². The van der Waals surface area contributed by atoms with Crippen LogP contribution in [0, 0.1) is 38.9 Å². The standard InChI is InChI=1S/C32H47NO5/c1-19-22-8-9-29(6)23(28(22,5)15-21-17-33-38-26(19)21)14-25(35)32(36)24-16-27(3,4)10-12-31(24,18-37-20(2)34)13-11-30(29,32)7/h14,17,19,22,24-25,35-36H,8-13,15-16,18H2,1-7H3/t19-,22-,24+,25+,28-,29+,30-,31+,32+/m0/s1. The number of aliphatic hydroxyl groups is 2. The largest absolute Gasteiger partial charge is 0.465 e. The van der Waals surface area contributed by atoms with E-state index in [1.54, 1.807) is 0 Å². The number of rotatable bonds is 2. The van der Waals surface area contributed by atoms with Gasteiger partial charge in [0.1, 0.15) is 17.5 Å². The average molecular weight is 526 g/mol. The summed E-state index contributed by atoms with van der Waals surface area (Å²) in [6.07, 6.45) is 10.3. The van der Waals surface area contributed by atoms with Crippen LogP contribution in [0.2, 0.25) is 0 Å². The van der Waals surface area contributed by atoms with Crippen molar-refractivity contribution < 1.29 is 24.3 Å². The smallest absolute Gasteiger partial charge is 0.302 e. The zero-order chi connectivity index (χ0) is 27.5. The molecule has 6 nitrogen and oxygen atoms in total. The van der Waals surface area contributed by atoms with E-state index in [4.69, 9.17) is 9.26 Å². The molecule has 0 bridgehead atoms. The molecular weight excluding hydrogens is 478 g/mol. The normalized spacial score (nSPS) is 48.9. The maximum Gasteiger partial charge on any atom is 0.302 e. The Bertz CT molecular complexity index is 1190. The van der Waals surface area contributed by atoms with Crippen molar-refractivity contribution in [1.82, 2.24) is 5.16 Å². The topological polar surface area (TPSA) is 92.8 Å². The number of fused-ring (bicyclic) bond motifs is 8. The summed E-state index contributed by atoms with van der Waals surface area (Å²) >= 11 is 0. The molecule has 0 radical (unpaired) electrons. The Kier molecular flexibility index (Phi) is 5.57.